The van der Waals surface area contributed by atoms with Gasteiger partial charge in [0.1, 0.15) is 28.9 Å². The van der Waals surface area contributed by atoms with Crippen molar-refractivity contribution < 1.29 is 14.3 Å². The Labute approximate surface area is 167 Å². The number of nitrogen functional groups attached to an aromatic ring is 1. The Bertz CT molecular complexity index is 1010. The number of carbonyl (C=O) groups excluding carboxylic acids is 1. The zero-order valence-corrected chi connectivity index (χ0v) is 16.3. The molecule has 28 heavy (non-hydrogen) atoms. The van der Waals surface area contributed by atoms with E-state index >= 15 is 0 Å². The summed E-state index contributed by atoms with van der Waals surface area (Å²) in [5, 5.41) is 4.28. The number of nitrogens with zero attached hydrogens (tertiary/aromatic N) is 3. The molecule has 0 amide bonds. The van der Waals surface area contributed by atoms with Crippen LogP contribution in [-0.4, -0.2) is 37.6 Å². The maximum absolute atomic E-state index is 12.6. The summed E-state index contributed by atoms with van der Waals surface area (Å²) in [6.07, 6.45) is 0.527. The van der Waals surface area contributed by atoms with Crippen molar-refractivity contribution in [3.63, 3.8) is 0 Å². The number of alkyl halides is 1. The summed E-state index contributed by atoms with van der Waals surface area (Å²) in [6.45, 7) is 3.79. The lowest BCUT2D eigenvalue weighted by molar-refractivity contribution is -0.0142. The number of esters is 1. The van der Waals surface area contributed by atoms with Crippen molar-refractivity contribution in [1.29, 1.82) is 0 Å². The lowest BCUT2D eigenvalue weighted by Gasteiger charge is -2.28. The third-order valence-corrected chi connectivity index (χ3v) is 5.56. The van der Waals surface area contributed by atoms with E-state index < -0.39 is 23.1 Å². The van der Waals surface area contributed by atoms with E-state index in [2.05, 4.69) is 10.1 Å². The van der Waals surface area contributed by atoms with E-state index in [1.807, 2.05) is 32.0 Å². The van der Waals surface area contributed by atoms with Crippen LogP contribution in [0.4, 0.5) is 5.82 Å². The fourth-order valence-corrected chi connectivity index (χ4v) is 4.03. The normalized spacial score (nSPS) is 27.2. The van der Waals surface area contributed by atoms with Gasteiger partial charge in [0.25, 0.3) is 0 Å². The number of rotatable bonds is 4. The Morgan fingerprint density at radius 3 is 2.79 bits per heavy atom. The molecule has 1 aliphatic heterocycles. The molecule has 3 heterocycles. The molecule has 1 fully saturated rings. The molecule has 1 aromatic carbocycles. The van der Waals surface area contributed by atoms with E-state index in [9.17, 15) is 4.79 Å². The molecule has 2 aromatic heterocycles. The van der Waals surface area contributed by atoms with Crippen molar-refractivity contribution in [3.8, 4) is 0 Å². The molecule has 146 valence electrons. The predicted octanol–water partition coefficient (Wildman–Crippen LogP) is 3.38. The van der Waals surface area contributed by atoms with Crippen LogP contribution in [0.3, 0.4) is 0 Å². The first-order valence-corrected chi connectivity index (χ1v) is 9.49. The number of benzene rings is 1. The molecule has 2 N–H and O–H groups in total. The van der Waals surface area contributed by atoms with E-state index in [-0.39, 0.29) is 6.10 Å². The Hall–Kier alpha value is -2.64. The van der Waals surface area contributed by atoms with Crippen molar-refractivity contribution in [1.82, 2.24) is 14.6 Å². The highest BCUT2D eigenvalue weighted by Crippen LogP contribution is 2.48. The van der Waals surface area contributed by atoms with Crippen LogP contribution < -0.4 is 5.73 Å². The van der Waals surface area contributed by atoms with Crippen LogP contribution in [0.1, 0.15) is 42.4 Å². The van der Waals surface area contributed by atoms with Gasteiger partial charge < -0.3 is 15.2 Å². The number of fused-ring (bicyclic) bond motifs is 1. The fourth-order valence-electron chi connectivity index (χ4n) is 3.68. The highest BCUT2D eigenvalue weighted by atomic mass is 35.5. The molecule has 1 aliphatic rings. The van der Waals surface area contributed by atoms with E-state index in [0.717, 1.165) is 5.69 Å². The van der Waals surface area contributed by atoms with Gasteiger partial charge in [0, 0.05) is 0 Å². The van der Waals surface area contributed by atoms with Crippen molar-refractivity contribution in [2.24, 2.45) is 0 Å². The first-order chi connectivity index (χ1) is 13.4. The molecule has 1 unspecified atom stereocenters. The molecule has 0 radical (unpaired) electrons. The summed E-state index contributed by atoms with van der Waals surface area (Å²) in [5.74, 6) is -0.0543. The summed E-state index contributed by atoms with van der Waals surface area (Å²) in [5.41, 5.74) is 7.81. The minimum atomic E-state index is -0.987. The largest absolute Gasteiger partial charge is 0.454 e. The number of nitrogens with two attached hydrogens (primary N) is 1. The lowest BCUT2D eigenvalue weighted by Crippen LogP contribution is -2.41. The maximum atomic E-state index is 12.6. The lowest BCUT2D eigenvalue weighted by atomic mass is 9.94. The highest BCUT2D eigenvalue weighted by molar-refractivity contribution is 6.25. The van der Waals surface area contributed by atoms with Crippen molar-refractivity contribution in [3.05, 3.63) is 60.0 Å². The molecule has 4 rings (SSSR count). The van der Waals surface area contributed by atoms with Gasteiger partial charge in [-0.15, -0.1) is 11.6 Å². The average Bonchev–Trinajstić information content (AvgIpc) is 3.22. The van der Waals surface area contributed by atoms with Crippen LogP contribution in [0, 0.1) is 0 Å². The Morgan fingerprint density at radius 1 is 1.32 bits per heavy atom. The molecule has 0 spiro atoms. The minimum absolute atomic E-state index is 0.343. The van der Waals surface area contributed by atoms with Crippen molar-refractivity contribution >= 4 is 28.9 Å². The Kier molecular flexibility index (Phi) is 4.72. The van der Waals surface area contributed by atoms with Gasteiger partial charge in [0.15, 0.2) is 5.82 Å². The number of hydrogen-bond acceptors (Lipinski definition) is 6. The standard InChI is InChI=1S/C20H21ClN4O3/c1-3-15-17(28-19(26)12-7-5-4-6-8-12)20(2,21)16(27-15)13-9-10-14-18(22)23-11-24-25(13)14/h4-11,15-17H,3H2,1-2H3,(H2,22,23,24)/t15-,16?,17-,20+/m1/s1. The Morgan fingerprint density at radius 2 is 2.07 bits per heavy atom. The van der Waals surface area contributed by atoms with Crippen molar-refractivity contribution in [2.75, 3.05) is 5.73 Å². The highest BCUT2D eigenvalue weighted by Gasteiger charge is 2.55. The van der Waals surface area contributed by atoms with Gasteiger partial charge in [-0.2, -0.15) is 5.10 Å². The van der Waals surface area contributed by atoms with Crippen LogP contribution in [0.15, 0.2) is 48.8 Å². The number of aromatic nitrogens is 3. The molecular weight excluding hydrogens is 380 g/mol. The molecule has 0 saturated carbocycles. The van der Waals surface area contributed by atoms with E-state index in [4.69, 9.17) is 26.8 Å². The van der Waals surface area contributed by atoms with E-state index in [1.165, 1.54) is 6.33 Å². The summed E-state index contributed by atoms with van der Waals surface area (Å²) < 4.78 is 13.7. The van der Waals surface area contributed by atoms with Crippen LogP contribution >= 0.6 is 11.6 Å². The number of carbonyl (C=O) groups is 1. The molecule has 3 aromatic rings. The zero-order chi connectivity index (χ0) is 19.9. The first-order valence-electron chi connectivity index (χ1n) is 9.12. The van der Waals surface area contributed by atoms with E-state index in [1.54, 1.807) is 28.8 Å². The summed E-state index contributed by atoms with van der Waals surface area (Å²) in [6, 6.07) is 12.5. The van der Waals surface area contributed by atoms with Gasteiger partial charge in [-0.1, -0.05) is 25.1 Å². The molecule has 0 bridgehead atoms. The number of ether oxygens (including phenoxy) is 2. The number of halogens is 1. The van der Waals surface area contributed by atoms with Crippen LogP contribution in [0.5, 0.6) is 0 Å². The molecule has 8 heteroatoms. The third-order valence-electron chi connectivity index (χ3n) is 5.14. The van der Waals surface area contributed by atoms with Crippen LogP contribution in [0.2, 0.25) is 0 Å². The average molecular weight is 401 g/mol. The zero-order valence-electron chi connectivity index (χ0n) is 15.6. The number of hydrogen-bond donors (Lipinski definition) is 1. The first kappa shape index (κ1) is 18.7. The van der Waals surface area contributed by atoms with Gasteiger partial charge in [-0.25, -0.2) is 14.3 Å². The third kappa shape index (κ3) is 3.00. The van der Waals surface area contributed by atoms with Gasteiger partial charge in [0.05, 0.1) is 17.4 Å². The quantitative estimate of drug-likeness (QED) is 0.533. The smallest absolute Gasteiger partial charge is 0.338 e. The maximum Gasteiger partial charge on any atom is 0.338 e. The van der Waals surface area contributed by atoms with Gasteiger partial charge in [-0.05, 0) is 37.6 Å². The van der Waals surface area contributed by atoms with E-state index in [0.29, 0.717) is 23.3 Å². The minimum Gasteiger partial charge on any atom is -0.454 e. The molecular formula is C20H21ClN4O3. The van der Waals surface area contributed by atoms with Gasteiger partial charge in [0.2, 0.25) is 0 Å². The fraction of sp³-hybridized carbons (Fsp3) is 0.350. The van der Waals surface area contributed by atoms with Crippen LogP contribution in [0.25, 0.3) is 5.52 Å². The molecule has 4 atom stereocenters. The second-order valence-electron chi connectivity index (χ2n) is 7.01. The second kappa shape index (κ2) is 7.07. The summed E-state index contributed by atoms with van der Waals surface area (Å²) in [7, 11) is 0. The molecule has 0 aliphatic carbocycles. The molecule has 1 saturated heterocycles. The summed E-state index contributed by atoms with van der Waals surface area (Å²) in [4.78, 5) is 15.6. The van der Waals surface area contributed by atoms with Crippen LogP contribution in [-0.2, 0) is 9.47 Å². The Balaban J connectivity index is 1.67. The second-order valence-corrected chi connectivity index (χ2v) is 7.82. The number of anilines is 1. The SMILES string of the molecule is CC[C@H]1OC(c2ccc3c(N)ncnn23)[C@](C)(Cl)[C@@H]1OC(=O)c1ccccc1. The van der Waals surface area contributed by atoms with Crippen molar-refractivity contribution in [2.45, 2.75) is 43.5 Å². The van der Waals surface area contributed by atoms with Gasteiger partial charge in [-0.3, -0.25) is 0 Å². The topological polar surface area (TPSA) is 91.7 Å². The molecule has 7 nitrogen and oxygen atoms in total. The monoisotopic (exact) mass is 400 g/mol. The predicted molar refractivity (Wildman–Crippen MR) is 105 cm³/mol. The summed E-state index contributed by atoms with van der Waals surface area (Å²) >= 11 is 6.95. The van der Waals surface area contributed by atoms with Gasteiger partial charge >= 0.3 is 5.97 Å².